The van der Waals surface area contributed by atoms with Gasteiger partial charge in [0.15, 0.2) is 0 Å². The fraction of sp³-hybridized carbons (Fsp3) is 0.185. The molecule has 6 rings (SSSR count). The Morgan fingerprint density at radius 2 is 1.93 bits per heavy atom. The van der Waals surface area contributed by atoms with E-state index in [0.29, 0.717) is 36.5 Å². The number of nitrogens with zero attached hydrogens (tertiary/aromatic N) is 7. The van der Waals surface area contributed by atoms with Gasteiger partial charge in [0.2, 0.25) is 11.9 Å². The lowest BCUT2D eigenvalue weighted by molar-refractivity contribution is -0.137. The van der Waals surface area contributed by atoms with Crippen LogP contribution in [0.5, 0.6) is 0 Å². The molecule has 0 atom stereocenters. The first-order chi connectivity index (χ1) is 19.2. The van der Waals surface area contributed by atoms with Gasteiger partial charge in [0.25, 0.3) is 5.91 Å². The quantitative estimate of drug-likeness (QED) is 0.374. The van der Waals surface area contributed by atoms with Crippen LogP contribution < -0.4 is 15.5 Å². The second kappa shape index (κ2) is 9.59. The molecule has 0 saturated carbocycles. The third-order valence-corrected chi connectivity index (χ3v) is 6.58. The normalized spacial score (nSPS) is 14.3. The number of aromatic nitrogens is 5. The Morgan fingerprint density at radius 3 is 2.70 bits per heavy atom. The van der Waals surface area contributed by atoms with Gasteiger partial charge >= 0.3 is 6.18 Å². The van der Waals surface area contributed by atoms with Crippen molar-refractivity contribution in [3.8, 4) is 0 Å². The van der Waals surface area contributed by atoms with Crippen LogP contribution in [-0.4, -0.2) is 49.3 Å². The molecule has 0 spiro atoms. The number of rotatable bonds is 5. The predicted molar refractivity (Wildman–Crippen MR) is 144 cm³/mol. The van der Waals surface area contributed by atoms with E-state index in [-0.39, 0.29) is 5.69 Å². The molecule has 0 fully saturated rings. The van der Waals surface area contributed by atoms with Gasteiger partial charge in [-0.2, -0.15) is 18.2 Å². The standard InChI is InChI=1S/C27H22F3N9O/c1-15-3-4-18(35-24(40)21-12-17(5-6-31-21)27(28,29)30)13-19(15)20-11-16-14-34-25(37-26-33-7-9-38(26)2)36-22(16)39-10-8-32-23(20)39/h3-7,9,11-14H,8,10H2,1-2H3,(H,35,40)(H,33,34,36,37). The summed E-state index contributed by atoms with van der Waals surface area (Å²) in [5.41, 5.74) is 2.49. The fourth-order valence-corrected chi connectivity index (χ4v) is 4.56. The van der Waals surface area contributed by atoms with Crippen LogP contribution in [0.1, 0.15) is 32.7 Å². The summed E-state index contributed by atoms with van der Waals surface area (Å²) in [6, 6.07) is 6.84. The van der Waals surface area contributed by atoms with Crippen LogP contribution >= 0.6 is 0 Å². The minimum Gasteiger partial charge on any atom is -0.321 e. The lowest BCUT2D eigenvalue weighted by atomic mass is 9.94. The minimum absolute atomic E-state index is 0.332. The van der Waals surface area contributed by atoms with Crippen LogP contribution in [0.15, 0.2) is 60.1 Å². The number of hydrogen-bond acceptors (Lipinski definition) is 8. The highest BCUT2D eigenvalue weighted by molar-refractivity contribution is 6.36. The number of nitrogens with one attached hydrogen (secondary N) is 2. The summed E-state index contributed by atoms with van der Waals surface area (Å²) in [6.45, 7) is 3.14. The Balaban J connectivity index is 1.31. The van der Waals surface area contributed by atoms with Crippen molar-refractivity contribution < 1.29 is 18.0 Å². The van der Waals surface area contributed by atoms with Gasteiger partial charge in [-0.1, -0.05) is 6.07 Å². The van der Waals surface area contributed by atoms with Crippen molar-refractivity contribution in [1.29, 1.82) is 0 Å². The maximum atomic E-state index is 13.1. The third kappa shape index (κ3) is 4.65. The van der Waals surface area contributed by atoms with E-state index in [1.807, 2.05) is 41.8 Å². The van der Waals surface area contributed by atoms with Gasteiger partial charge in [-0.05, 0) is 48.4 Å². The molecule has 4 aromatic rings. The molecule has 10 nitrogen and oxygen atoms in total. The first-order valence-corrected chi connectivity index (χ1v) is 12.3. The van der Waals surface area contributed by atoms with Crippen molar-refractivity contribution in [2.24, 2.45) is 12.0 Å². The van der Waals surface area contributed by atoms with Gasteiger partial charge in [0, 0.05) is 55.2 Å². The minimum atomic E-state index is -4.58. The highest BCUT2D eigenvalue weighted by Gasteiger charge is 2.32. The number of anilines is 4. The largest absolute Gasteiger partial charge is 0.416 e. The number of carbonyl (C=O) groups excluding carboxylic acids is 1. The SMILES string of the molecule is Cc1ccc(NC(=O)c2cc(C(F)(F)F)ccn2)cc1C1=Cc2cnc(Nc3nccn3C)nc2N2CCN=C12. The first kappa shape index (κ1) is 25.2. The van der Waals surface area contributed by atoms with Crippen LogP contribution in [0, 0.1) is 6.92 Å². The molecule has 0 unspecified atom stereocenters. The molecule has 0 aliphatic carbocycles. The number of amides is 1. The smallest absolute Gasteiger partial charge is 0.321 e. The molecule has 3 aromatic heterocycles. The van der Waals surface area contributed by atoms with E-state index < -0.39 is 17.6 Å². The Morgan fingerprint density at radius 1 is 1.07 bits per heavy atom. The number of aryl methyl sites for hydroxylation is 2. The number of amidine groups is 1. The zero-order valence-electron chi connectivity index (χ0n) is 21.4. The highest BCUT2D eigenvalue weighted by atomic mass is 19.4. The van der Waals surface area contributed by atoms with E-state index in [1.54, 1.807) is 24.5 Å². The topological polar surface area (TPSA) is 113 Å². The Hall–Kier alpha value is -5.07. The van der Waals surface area contributed by atoms with Gasteiger partial charge < -0.3 is 14.8 Å². The third-order valence-electron chi connectivity index (χ3n) is 6.58. The average Bonchev–Trinajstić information content (AvgIpc) is 3.59. The van der Waals surface area contributed by atoms with Crippen LogP contribution in [0.3, 0.4) is 0 Å². The first-order valence-electron chi connectivity index (χ1n) is 12.3. The van der Waals surface area contributed by atoms with Gasteiger partial charge in [0.1, 0.15) is 17.3 Å². The lowest BCUT2D eigenvalue weighted by Crippen LogP contribution is -2.32. The maximum Gasteiger partial charge on any atom is 0.416 e. The molecule has 13 heteroatoms. The number of carbonyl (C=O) groups is 1. The maximum absolute atomic E-state index is 13.1. The zero-order valence-corrected chi connectivity index (χ0v) is 21.4. The van der Waals surface area contributed by atoms with Crippen molar-refractivity contribution >= 4 is 46.8 Å². The van der Waals surface area contributed by atoms with Crippen LogP contribution in [0.25, 0.3) is 11.6 Å². The van der Waals surface area contributed by atoms with Gasteiger partial charge in [-0.3, -0.25) is 20.1 Å². The van der Waals surface area contributed by atoms with Crippen LogP contribution in [0.4, 0.5) is 36.6 Å². The molecule has 1 amide bonds. The number of hydrogen-bond donors (Lipinski definition) is 2. The van der Waals surface area contributed by atoms with Gasteiger partial charge in [0.05, 0.1) is 12.1 Å². The molecule has 40 heavy (non-hydrogen) atoms. The number of halogens is 3. The number of benzene rings is 1. The van der Waals surface area contributed by atoms with Crippen molar-refractivity contribution in [1.82, 2.24) is 24.5 Å². The second-order valence-corrected chi connectivity index (χ2v) is 9.29. The summed E-state index contributed by atoms with van der Waals surface area (Å²) in [5.74, 6) is 1.71. The molecule has 0 radical (unpaired) electrons. The average molecular weight is 546 g/mol. The zero-order chi connectivity index (χ0) is 28.0. The van der Waals surface area contributed by atoms with E-state index in [2.05, 4.69) is 25.6 Å². The number of pyridine rings is 1. The summed E-state index contributed by atoms with van der Waals surface area (Å²) in [5, 5.41) is 5.78. The van der Waals surface area contributed by atoms with Crippen molar-refractivity contribution in [2.45, 2.75) is 13.1 Å². The summed E-state index contributed by atoms with van der Waals surface area (Å²) >= 11 is 0. The van der Waals surface area contributed by atoms with Crippen LogP contribution in [-0.2, 0) is 13.2 Å². The molecular formula is C27H22F3N9O. The summed E-state index contributed by atoms with van der Waals surface area (Å²) in [6.07, 6.45) is 3.55. The number of imidazole rings is 1. The van der Waals surface area contributed by atoms with E-state index in [4.69, 9.17) is 9.98 Å². The van der Waals surface area contributed by atoms with E-state index in [0.717, 1.165) is 46.4 Å². The molecule has 5 heterocycles. The van der Waals surface area contributed by atoms with E-state index in [1.165, 1.54) is 0 Å². The predicted octanol–water partition coefficient (Wildman–Crippen LogP) is 4.70. The molecule has 0 saturated heterocycles. The molecule has 202 valence electrons. The summed E-state index contributed by atoms with van der Waals surface area (Å²) < 4.78 is 41.1. The van der Waals surface area contributed by atoms with E-state index in [9.17, 15) is 18.0 Å². The molecular weight excluding hydrogens is 523 g/mol. The molecule has 1 aromatic carbocycles. The van der Waals surface area contributed by atoms with Gasteiger partial charge in [-0.15, -0.1) is 0 Å². The Bertz CT molecular complexity index is 1710. The lowest BCUT2D eigenvalue weighted by Gasteiger charge is -2.28. The van der Waals surface area contributed by atoms with Crippen molar-refractivity contribution in [3.05, 3.63) is 83.1 Å². The number of fused-ring (bicyclic) bond motifs is 3. The Kier molecular flexibility index (Phi) is 6.05. The second-order valence-electron chi connectivity index (χ2n) is 9.29. The highest BCUT2D eigenvalue weighted by Crippen LogP contribution is 2.37. The molecule has 2 aliphatic heterocycles. The van der Waals surface area contributed by atoms with Crippen LogP contribution in [0.2, 0.25) is 0 Å². The Labute approximate surface area is 226 Å². The number of alkyl halides is 3. The van der Waals surface area contributed by atoms with Crippen molar-refractivity contribution in [3.63, 3.8) is 0 Å². The molecule has 2 N–H and O–H groups in total. The fourth-order valence-electron chi connectivity index (χ4n) is 4.56. The van der Waals surface area contributed by atoms with Gasteiger partial charge in [-0.25, -0.2) is 9.97 Å². The van der Waals surface area contributed by atoms with Crippen molar-refractivity contribution in [2.75, 3.05) is 28.6 Å². The monoisotopic (exact) mass is 545 g/mol. The van der Waals surface area contributed by atoms with E-state index >= 15 is 0 Å². The number of aliphatic imine (C=N–C) groups is 1. The summed E-state index contributed by atoms with van der Waals surface area (Å²) in [7, 11) is 1.86. The summed E-state index contributed by atoms with van der Waals surface area (Å²) in [4.78, 5) is 36.7. The molecule has 0 bridgehead atoms. The molecule has 2 aliphatic rings.